The van der Waals surface area contributed by atoms with E-state index in [1.807, 2.05) is 0 Å². The zero-order valence-electron chi connectivity index (χ0n) is 11.3. The average molecular weight is 292 g/mol. The van der Waals surface area contributed by atoms with Gasteiger partial charge in [0.1, 0.15) is 0 Å². The number of rotatable bonds is 9. The topological polar surface area (TPSA) is 101 Å². The molecule has 7 heteroatoms. The highest BCUT2D eigenvalue weighted by Crippen LogP contribution is 2.21. The summed E-state index contributed by atoms with van der Waals surface area (Å²) in [6.45, 7) is 1.61. The lowest BCUT2D eigenvalue weighted by atomic mass is 10.1. The Labute approximate surface area is 114 Å². The van der Waals surface area contributed by atoms with Gasteiger partial charge in [0.05, 0.1) is 11.5 Å². The van der Waals surface area contributed by atoms with Crippen LogP contribution in [-0.2, 0) is 14.6 Å². The largest absolute Gasteiger partial charge is 0.396 e. The minimum absolute atomic E-state index is 0.0793. The van der Waals surface area contributed by atoms with Crippen molar-refractivity contribution in [2.75, 3.05) is 31.2 Å². The van der Waals surface area contributed by atoms with Crippen LogP contribution in [0.5, 0.6) is 0 Å². The number of aliphatic hydroxyl groups is 1. The molecular weight excluding hydrogens is 268 g/mol. The van der Waals surface area contributed by atoms with E-state index in [9.17, 15) is 13.2 Å². The number of sulfone groups is 1. The summed E-state index contributed by atoms with van der Waals surface area (Å²) in [5, 5.41) is 8.84. The van der Waals surface area contributed by atoms with Crippen LogP contribution in [0.3, 0.4) is 0 Å². The molecule has 6 nitrogen and oxygen atoms in total. The van der Waals surface area contributed by atoms with Crippen molar-refractivity contribution in [1.82, 2.24) is 4.90 Å². The van der Waals surface area contributed by atoms with E-state index in [2.05, 4.69) is 4.90 Å². The highest BCUT2D eigenvalue weighted by atomic mass is 32.2. The number of likely N-dealkylation sites (tertiary alicyclic amines) is 1. The SMILES string of the molecule is NC(=O)CCS(=O)(=O)CCN1CCCC1CCCO. The fraction of sp³-hybridized carbons (Fsp3) is 0.917. The van der Waals surface area contributed by atoms with Crippen LogP contribution >= 0.6 is 0 Å². The smallest absolute Gasteiger partial charge is 0.218 e. The number of hydrogen-bond acceptors (Lipinski definition) is 5. The lowest BCUT2D eigenvalue weighted by Gasteiger charge is -2.24. The maximum absolute atomic E-state index is 11.7. The molecule has 3 N–H and O–H groups in total. The van der Waals surface area contributed by atoms with Crippen molar-refractivity contribution in [2.45, 2.75) is 38.1 Å². The Morgan fingerprint density at radius 2 is 2.11 bits per heavy atom. The van der Waals surface area contributed by atoms with Crippen LogP contribution in [0.1, 0.15) is 32.1 Å². The molecule has 1 aliphatic rings. The fourth-order valence-corrected chi connectivity index (χ4v) is 3.69. The summed E-state index contributed by atoms with van der Waals surface area (Å²) in [6, 6.07) is 0.387. The number of carbonyl (C=O) groups excluding carboxylic acids is 1. The first-order valence-electron chi connectivity index (χ1n) is 6.78. The molecule has 0 aliphatic carbocycles. The maximum Gasteiger partial charge on any atom is 0.218 e. The van der Waals surface area contributed by atoms with Crippen molar-refractivity contribution in [3.05, 3.63) is 0 Å². The quantitative estimate of drug-likeness (QED) is 0.597. The number of carbonyl (C=O) groups is 1. The van der Waals surface area contributed by atoms with Gasteiger partial charge in [-0.15, -0.1) is 0 Å². The lowest BCUT2D eigenvalue weighted by Crippen LogP contribution is -2.34. The van der Waals surface area contributed by atoms with E-state index in [4.69, 9.17) is 10.8 Å². The van der Waals surface area contributed by atoms with Gasteiger partial charge in [-0.3, -0.25) is 9.69 Å². The Kier molecular flexibility index (Phi) is 6.74. The van der Waals surface area contributed by atoms with Gasteiger partial charge < -0.3 is 10.8 Å². The number of nitrogens with two attached hydrogens (primary N) is 1. The third-order valence-corrected chi connectivity index (χ3v) is 5.17. The molecule has 1 rings (SSSR count). The Bertz CT molecular complexity index is 383. The Morgan fingerprint density at radius 1 is 1.37 bits per heavy atom. The Hall–Kier alpha value is -0.660. The van der Waals surface area contributed by atoms with Gasteiger partial charge >= 0.3 is 0 Å². The van der Waals surface area contributed by atoms with E-state index in [1.54, 1.807) is 0 Å². The molecule has 19 heavy (non-hydrogen) atoms. The summed E-state index contributed by atoms with van der Waals surface area (Å²) in [7, 11) is -3.20. The molecule has 0 spiro atoms. The first-order valence-corrected chi connectivity index (χ1v) is 8.60. The molecule has 1 atom stereocenters. The van der Waals surface area contributed by atoms with Crippen molar-refractivity contribution < 1.29 is 18.3 Å². The Morgan fingerprint density at radius 3 is 2.74 bits per heavy atom. The van der Waals surface area contributed by atoms with E-state index in [0.717, 1.165) is 32.2 Å². The first kappa shape index (κ1) is 16.4. The van der Waals surface area contributed by atoms with Crippen LogP contribution in [0.2, 0.25) is 0 Å². The molecule has 1 unspecified atom stereocenters. The zero-order valence-corrected chi connectivity index (χ0v) is 12.1. The monoisotopic (exact) mass is 292 g/mol. The third kappa shape index (κ3) is 6.35. The highest BCUT2D eigenvalue weighted by molar-refractivity contribution is 7.91. The molecule has 0 aromatic rings. The van der Waals surface area contributed by atoms with E-state index in [-0.39, 0.29) is 24.5 Å². The maximum atomic E-state index is 11.7. The Balaban J connectivity index is 2.35. The highest BCUT2D eigenvalue weighted by Gasteiger charge is 2.25. The lowest BCUT2D eigenvalue weighted by molar-refractivity contribution is -0.117. The van der Waals surface area contributed by atoms with Crippen LogP contribution in [-0.4, -0.2) is 61.6 Å². The second kappa shape index (κ2) is 7.81. The van der Waals surface area contributed by atoms with Crippen molar-refractivity contribution in [3.63, 3.8) is 0 Å². The summed E-state index contributed by atoms with van der Waals surface area (Å²) in [5.41, 5.74) is 4.96. The fourth-order valence-electron chi connectivity index (χ4n) is 2.46. The summed E-state index contributed by atoms with van der Waals surface area (Å²) in [4.78, 5) is 12.8. The summed E-state index contributed by atoms with van der Waals surface area (Å²) in [5.74, 6) is -0.654. The molecule has 1 amide bonds. The number of aliphatic hydroxyl groups excluding tert-OH is 1. The zero-order chi connectivity index (χ0) is 14.3. The number of hydrogen-bond donors (Lipinski definition) is 2. The summed E-state index contributed by atoms with van der Waals surface area (Å²) >= 11 is 0. The summed E-state index contributed by atoms with van der Waals surface area (Å²) < 4.78 is 23.5. The van der Waals surface area contributed by atoms with Gasteiger partial charge in [-0.25, -0.2) is 8.42 Å². The number of primary amides is 1. The number of amides is 1. The first-order chi connectivity index (χ1) is 8.94. The molecule has 112 valence electrons. The number of nitrogens with zero attached hydrogens (tertiary/aromatic N) is 1. The van der Waals surface area contributed by atoms with Gasteiger partial charge in [-0.1, -0.05) is 0 Å². The molecule has 1 heterocycles. The molecule has 0 bridgehead atoms. The van der Waals surface area contributed by atoms with Crippen LogP contribution in [0.25, 0.3) is 0 Å². The molecule has 1 fully saturated rings. The van der Waals surface area contributed by atoms with Crippen LogP contribution < -0.4 is 5.73 Å². The van der Waals surface area contributed by atoms with Crippen LogP contribution in [0.15, 0.2) is 0 Å². The second-order valence-electron chi connectivity index (χ2n) is 5.07. The van der Waals surface area contributed by atoms with E-state index < -0.39 is 15.7 Å². The van der Waals surface area contributed by atoms with Crippen molar-refractivity contribution >= 4 is 15.7 Å². The van der Waals surface area contributed by atoms with Gasteiger partial charge in [0.15, 0.2) is 9.84 Å². The molecule has 0 aromatic heterocycles. The van der Waals surface area contributed by atoms with Crippen molar-refractivity contribution in [1.29, 1.82) is 0 Å². The normalized spacial score (nSPS) is 20.8. The molecule has 0 radical (unpaired) electrons. The average Bonchev–Trinajstić information content (AvgIpc) is 2.79. The third-order valence-electron chi connectivity index (χ3n) is 3.54. The predicted octanol–water partition coefficient (Wildman–Crippen LogP) is -0.486. The van der Waals surface area contributed by atoms with Gasteiger partial charge in [0, 0.05) is 25.6 Å². The van der Waals surface area contributed by atoms with Gasteiger partial charge in [-0.05, 0) is 32.2 Å². The van der Waals surface area contributed by atoms with E-state index >= 15 is 0 Å². The second-order valence-corrected chi connectivity index (χ2v) is 7.37. The minimum atomic E-state index is -3.20. The predicted molar refractivity (Wildman–Crippen MR) is 73.4 cm³/mol. The molecule has 0 saturated carbocycles. The molecular formula is C12H24N2O4S. The summed E-state index contributed by atoms with van der Waals surface area (Å²) in [6.07, 6.45) is 3.72. The van der Waals surface area contributed by atoms with Gasteiger partial charge in [-0.2, -0.15) is 0 Å². The van der Waals surface area contributed by atoms with Gasteiger partial charge in [0.2, 0.25) is 5.91 Å². The standard InChI is InChI=1S/C12H24N2O4S/c13-12(16)5-9-19(17,18)10-7-14-6-1-3-11(14)4-2-8-15/h11,15H,1-10H2,(H2,13,16). The van der Waals surface area contributed by atoms with Crippen LogP contribution in [0, 0.1) is 0 Å². The van der Waals surface area contributed by atoms with E-state index in [1.165, 1.54) is 0 Å². The molecule has 1 aliphatic heterocycles. The molecule has 0 aromatic carbocycles. The van der Waals surface area contributed by atoms with Gasteiger partial charge in [0.25, 0.3) is 0 Å². The van der Waals surface area contributed by atoms with Crippen LogP contribution in [0.4, 0.5) is 0 Å². The van der Waals surface area contributed by atoms with Crippen molar-refractivity contribution in [2.24, 2.45) is 5.73 Å². The molecule has 1 saturated heterocycles. The van der Waals surface area contributed by atoms with Crippen molar-refractivity contribution in [3.8, 4) is 0 Å². The minimum Gasteiger partial charge on any atom is -0.396 e. The van der Waals surface area contributed by atoms with E-state index in [0.29, 0.717) is 12.6 Å².